The van der Waals surface area contributed by atoms with E-state index in [1.54, 1.807) is 12.1 Å². The number of nitrogens with one attached hydrogen (secondary N) is 1. The van der Waals surface area contributed by atoms with Crippen molar-refractivity contribution in [2.45, 2.75) is 13.3 Å². The van der Waals surface area contributed by atoms with Gasteiger partial charge in [0.1, 0.15) is 4.47 Å². The molecule has 0 atom stereocenters. The molecule has 0 aliphatic heterocycles. The Kier molecular flexibility index (Phi) is 3.11. The average molecular weight is 304 g/mol. The Hall–Kier alpha value is -1.14. The molecule has 0 aliphatic carbocycles. The monoisotopic (exact) mass is 302 g/mol. The number of hydrogen-bond donors (Lipinski definition) is 1. The number of halogens is 2. The lowest BCUT2D eigenvalue weighted by atomic mass is 10.3. The van der Waals surface area contributed by atoms with Gasteiger partial charge in [-0.25, -0.2) is 0 Å². The molecule has 2 heterocycles. The van der Waals surface area contributed by atoms with Crippen LogP contribution in [0.3, 0.4) is 0 Å². The van der Waals surface area contributed by atoms with Crippen molar-refractivity contribution in [2.24, 2.45) is 0 Å². The lowest BCUT2D eigenvalue weighted by Gasteiger charge is -1.98. The summed E-state index contributed by atoms with van der Waals surface area (Å²) in [5.41, 5.74) is 0.634. The van der Waals surface area contributed by atoms with Gasteiger partial charge < -0.3 is 0 Å². The first-order chi connectivity index (χ1) is 7.63. The highest BCUT2D eigenvalue weighted by Gasteiger charge is 2.12. The van der Waals surface area contributed by atoms with Crippen LogP contribution in [0, 0.1) is 0 Å². The van der Waals surface area contributed by atoms with Crippen molar-refractivity contribution in [2.75, 3.05) is 0 Å². The van der Waals surface area contributed by atoms with Gasteiger partial charge in [0.15, 0.2) is 11.0 Å². The number of aryl methyl sites for hydroxylation is 1. The van der Waals surface area contributed by atoms with Crippen LogP contribution < -0.4 is 5.56 Å². The number of aromatic amines is 1. The Morgan fingerprint density at radius 3 is 2.75 bits per heavy atom. The predicted octanol–water partition coefficient (Wildman–Crippen LogP) is 1.93. The summed E-state index contributed by atoms with van der Waals surface area (Å²) in [7, 11) is 0. The molecule has 0 fully saturated rings. The molecular weight excluding hydrogens is 295 g/mol. The minimum absolute atomic E-state index is 0.187. The second kappa shape index (κ2) is 4.39. The maximum atomic E-state index is 11.8. The first-order valence-electron chi connectivity index (χ1n) is 4.62. The van der Waals surface area contributed by atoms with Crippen LogP contribution in [-0.2, 0) is 6.42 Å². The highest BCUT2D eigenvalue weighted by atomic mass is 79.9. The van der Waals surface area contributed by atoms with Crippen LogP contribution in [0.25, 0.3) is 5.82 Å². The third kappa shape index (κ3) is 1.90. The van der Waals surface area contributed by atoms with Gasteiger partial charge in [-0.3, -0.25) is 9.89 Å². The summed E-state index contributed by atoms with van der Waals surface area (Å²) < 4.78 is 1.85. The van der Waals surface area contributed by atoms with Crippen molar-refractivity contribution < 1.29 is 0 Å². The molecule has 0 aromatic carbocycles. The molecule has 7 heteroatoms. The highest BCUT2D eigenvalue weighted by molar-refractivity contribution is 9.10. The van der Waals surface area contributed by atoms with E-state index in [1.165, 1.54) is 4.68 Å². The van der Waals surface area contributed by atoms with Crippen molar-refractivity contribution in [1.82, 2.24) is 20.0 Å². The molecular formula is C9H8BrClN4O. The summed E-state index contributed by atoms with van der Waals surface area (Å²) in [6.45, 7) is 1.95. The minimum Gasteiger partial charge on any atom is -0.292 e. The van der Waals surface area contributed by atoms with E-state index >= 15 is 0 Å². The summed E-state index contributed by atoms with van der Waals surface area (Å²) in [6, 6.07) is 3.20. The normalized spacial score (nSPS) is 10.7. The molecule has 5 nitrogen and oxygen atoms in total. The minimum atomic E-state index is -0.187. The molecule has 0 aliphatic rings. The van der Waals surface area contributed by atoms with Crippen molar-refractivity contribution >= 4 is 27.5 Å². The fourth-order valence-electron chi connectivity index (χ4n) is 1.29. The Balaban J connectivity index is 2.56. The zero-order valence-electron chi connectivity index (χ0n) is 8.37. The van der Waals surface area contributed by atoms with E-state index < -0.39 is 0 Å². The number of H-pyrrole nitrogens is 1. The van der Waals surface area contributed by atoms with Gasteiger partial charge in [-0.05, 0) is 34.5 Å². The van der Waals surface area contributed by atoms with E-state index in [0.29, 0.717) is 10.3 Å². The van der Waals surface area contributed by atoms with Crippen LogP contribution in [0.15, 0.2) is 21.4 Å². The molecule has 0 bridgehead atoms. The van der Waals surface area contributed by atoms with Crippen LogP contribution in [0.2, 0.25) is 5.15 Å². The topological polar surface area (TPSA) is 63.6 Å². The third-order valence-corrected chi connectivity index (χ3v) is 3.12. The molecule has 0 spiro atoms. The molecule has 0 amide bonds. The van der Waals surface area contributed by atoms with Crippen molar-refractivity contribution in [3.05, 3.63) is 37.8 Å². The molecule has 2 aromatic rings. The van der Waals surface area contributed by atoms with Crippen LogP contribution in [-0.4, -0.2) is 20.0 Å². The van der Waals surface area contributed by atoms with Crippen LogP contribution in [0.5, 0.6) is 0 Å². The van der Waals surface area contributed by atoms with Crippen molar-refractivity contribution in [3.63, 3.8) is 0 Å². The summed E-state index contributed by atoms with van der Waals surface area (Å²) >= 11 is 8.86. The van der Waals surface area contributed by atoms with Crippen molar-refractivity contribution in [3.8, 4) is 5.82 Å². The Morgan fingerprint density at radius 2 is 2.25 bits per heavy atom. The van der Waals surface area contributed by atoms with E-state index in [9.17, 15) is 4.79 Å². The van der Waals surface area contributed by atoms with E-state index in [0.717, 1.165) is 12.1 Å². The number of hydrogen-bond acceptors (Lipinski definition) is 3. The van der Waals surface area contributed by atoms with E-state index in [1.807, 2.05) is 6.92 Å². The number of aromatic nitrogens is 4. The van der Waals surface area contributed by atoms with Gasteiger partial charge in [0.25, 0.3) is 5.56 Å². The van der Waals surface area contributed by atoms with Gasteiger partial charge in [-0.1, -0.05) is 18.5 Å². The molecule has 0 radical (unpaired) electrons. The Labute approximate surface area is 105 Å². The van der Waals surface area contributed by atoms with Gasteiger partial charge >= 0.3 is 0 Å². The second-order valence-corrected chi connectivity index (χ2v) is 4.29. The van der Waals surface area contributed by atoms with Crippen LogP contribution in [0.4, 0.5) is 0 Å². The molecule has 0 saturated heterocycles. The second-order valence-electron chi connectivity index (χ2n) is 3.11. The molecule has 1 N–H and O–H groups in total. The van der Waals surface area contributed by atoms with Crippen LogP contribution in [0.1, 0.15) is 12.6 Å². The lowest BCUT2D eigenvalue weighted by Crippen LogP contribution is -2.16. The molecule has 0 saturated carbocycles. The first-order valence-corrected chi connectivity index (χ1v) is 5.79. The van der Waals surface area contributed by atoms with E-state index in [2.05, 4.69) is 31.2 Å². The summed E-state index contributed by atoms with van der Waals surface area (Å²) in [5, 5.41) is 10.7. The lowest BCUT2D eigenvalue weighted by molar-refractivity contribution is 0.773. The molecule has 84 valence electrons. The molecule has 2 rings (SSSR count). The van der Waals surface area contributed by atoms with E-state index in [4.69, 9.17) is 11.6 Å². The Morgan fingerprint density at radius 1 is 1.50 bits per heavy atom. The summed E-state index contributed by atoms with van der Waals surface area (Å²) in [5.74, 6) is 0.412. The van der Waals surface area contributed by atoms with Gasteiger partial charge in [0, 0.05) is 0 Å². The Bertz CT molecular complexity index is 560. The van der Waals surface area contributed by atoms with Crippen molar-refractivity contribution in [1.29, 1.82) is 0 Å². The maximum Gasteiger partial charge on any atom is 0.287 e. The predicted molar refractivity (Wildman–Crippen MR) is 64.1 cm³/mol. The highest BCUT2D eigenvalue weighted by Crippen LogP contribution is 2.12. The first kappa shape index (κ1) is 11.3. The number of rotatable bonds is 2. The van der Waals surface area contributed by atoms with Gasteiger partial charge in [-0.15, -0.1) is 10.2 Å². The maximum absolute atomic E-state index is 11.8. The summed E-state index contributed by atoms with van der Waals surface area (Å²) in [6.07, 6.45) is 0.726. The fraction of sp³-hybridized carbons (Fsp3) is 0.222. The standard InChI is InChI=1S/C9H8BrClN4O/c1-2-5-8(10)9(16)15(14-5)7-4-3-6(11)12-13-7/h3-4,14H,2H2,1H3. The zero-order chi connectivity index (χ0) is 11.7. The molecule has 16 heavy (non-hydrogen) atoms. The largest absolute Gasteiger partial charge is 0.292 e. The van der Waals surface area contributed by atoms with Gasteiger partial charge in [0.05, 0.1) is 5.69 Å². The van der Waals surface area contributed by atoms with E-state index in [-0.39, 0.29) is 10.7 Å². The number of nitrogens with zero attached hydrogens (tertiary/aromatic N) is 3. The SMILES string of the molecule is CCc1[nH]n(-c2ccc(Cl)nn2)c(=O)c1Br. The smallest absolute Gasteiger partial charge is 0.287 e. The third-order valence-electron chi connectivity index (χ3n) is 2.10. The average Bonchev–Trinajstić information content (AvgIpc) is 2.57. The van der Waals surface area contributed by atoms with Gasteiger partial charge in [0.2, 0.25) is 0 Å². The molecule has 0 unspecified atom stereocenters. The van der Waals surface area contributed by atoms with Gasteiger partial charge in [-0.2, -0.15) is 4.68 Å². The zero-order valence-corrected chi connectivity index (χ0v) is 10.7. The summed E-state index contributed by atoms with van der Waals surface area (Å²) in [4.78, 5) is 11.8. The molecule has 2 aromatic heterocycles. The van der Waals surface area contributed by atoms with Crippen LogP contribution >= 0.6 is 27.5 Å². The quantitative estimate of drug-likeness (QED) is 0.922. The fourth-order valence-corrected chi connectivity index (χ4v) is 1.93.